The zero-order chi connectivity index (χ0) is 19.4. The van der Waals surface area contributed by atoms with Gasteiger partial charge in [-0.05, 0) is 42.5 Å². The fourth-order valence-electron chi connectivity index (χ4n) is 4.26. The number of hydrogen-bond acceptors (Lipinski definition) is 1. The first-order valence-electron chi connectivity index (χ1n) is 9.79. The number of nitrogens with zero attached hydrogens (tertiary/aromatic N) is 2. The molecular weight excluding hydrogens is 356 g/mol. The fraction of sp³-hybridized carbons (Fsp3) is 0.0400. The first kappa shape index (κ1) is 16.1. The molecule has 140 valence electrons. The molecule has 0 amide bonds. The molecule has 0 fully saturated rings. The van der Waals surface area contributed by atoms with Crippen molar-refractivity contribution in [2.45, 2.75) is 0 Å². The maximum atomic E-state index is 3.56. The summed E-state index contributed by atoms with van der Waals surface area (Å²) < 4.78 is 4.47. The van der Waals surface area contributed by atoms with E-state index in [0.717, 1.165) is 17.1 Å². The van der Waals surface area contributed by atoms with Crippen molar-refractivity contribution in [1.29, 1.82) is 0 Å². The largest absolute Gasteiger partial charge is 0.354 e. The standard InChI is InChI=1S/C25H20N4/c1-28-24-16-22-19(18-11-5-6-12-20(18)27-22)15-25(24)29(28)23-14-8-7-13-21(23)26-17-9-3-2-4-10-17/h2-16,26-27H,1H3. The van der Waals surface area contributed by atoms with Crippen LogP contribution < -0.4 is 5.32 Å². The lowest BCUT2D eigenvalue weighted by atomic mass is 10.1. The molecule has 0 saturated carbocycles. The lowest BCUT2D eigenvalue weighted by Crippen LogP contribution is -2.19. The minimum Gasteiger partial charge on any atom is -0.354 e. The van der Waals surface area contributed by atoms with Gasteiger partial charge in [-0.3, -0.25) is 4.68 Å². The normalized spacial score (nSPS) is 11.6. The maximum absolute atomic E-state index is 3.56. The summed E-state index contributed by atoms with van der Waals surface area (Å²) in [7, 11) is 2.11. The Balaban J connectivity index is 1.55. The second-order valence-electron chi connectivity index (χ2n) is 7.40. The number of aryl methyl sites for hydroxylation is 1. The molecule has 4 nitrogen and oxygen atoms in total. The fourth-order valence-corrected chi connectivity index (χ4v) is 4.26. The number of hydrogen-bond donors (Lipinski definition) is 2. The van der Waals surface area contributed by atoms with Gasteiger partial charge in [0.1, 0.15) is 0 Å². The van der Waals surface area contributed by atoms with E-state index in [4.69, 9.17) is 0 Å². The van der Waals surface area contributed by atoms with Gasteiger partial charge in [-0.1, -0.05) is 48.5 Å². The van der Waals surface area contributed by atoms with Crippen molar-refractivity contribution in [3.05, 3.63) is 91.0 Å². The predicted octanol–water partition coefficient (Wildman–Crippen LogP) is 6.35. The van der Waals surface area contributed by atoms with Gasteiger partial charge in [0.2, 0.25) is 0 Å². The monoisotopic (exact) mass is 376 g/mol. The van der Waals surface area contributed by atoms with Crippen LogP contribution in [0.4, 0.5) is 11.4 Å². The highest BCUT2D eigenvalue weighted by atomic mass is 15.4. The number of aromatic nitrogens is 3. The van der Waals surface area contributed by atoms with Crippen LogP contribution in [0.1, 0.15) is 0 Å². The molecule has 0 atom stereocenters. The molecular formula is C25H20N4. The Morgan fingerprint density at radius 2 is 1.45 bits per heavy atom. The van der Waals surface area contributed by atoms with Crippen molar-refractivity contribution in [1.82, 2.24) is 14.3 Å². The van der Waals surface area contributed by atoms with Crippen molar-refractivity contribution in [3.8, 4) is 5.69 Å². The molecule has 6 rings (SSSR count). The zero-order valence-corrected chi connectivity index (χ0v) is 16.1. The Labute approximate surface area is 168 Å². The number of para-hydroxylation sites is 4. The van der Waals surface area contributed by atoms with Crippen molar-refractivity contribution in [2.24, 2.45) is 7.05 Å². The van der Waals surface area contributed by atoms with E-state index in [9.17, 15) is 0 Å². The highest BCUT2D eigenvalue weighted by Crippen LogP contribution is 2.34. The summed E-state index contributed by atoms with van der Waals surface area (Å²) in [4.78, 5) is 3.54. The molecule has 2 heterocycles. The van der Waals surface area contributed by atoms with Crippen LogP contribution in [0.2, 0.25) is 0 Å². The third-order valence-electron chi connectivity index (χ3n) is 5.66. The van der Waals surface area contributed by atoms with E-state index in [2.05, 4.69) is 99.5 Å². The molecule has 0 bridgehead atoms. The van der Waals surface area contributed by atoms with Crippen LogP contribution in [0, 0.1) is 0 Å². The summed E-state index contributed by atoms with van der Waals surface area (Å²) in [5.41, 5.74) is 8.07. The van der Waals surface area contributed by atoms with Crippen LogP contribution in [0.5, 0.6) is 0 Å². The van der Waals surface area contributed by atoms with Crippen LogP contribution in [0.15, 0.2) is 91.0 Å². The Bertz CT molecular complexity index is 1480. The van der Waals surface area contributed by atoms with Gasteiger partial charge in [-0.2, -0.15) is 0 Å². The van der Waals surface area contributed by atoms with Gasteiger partial charge in [-0.15, -0.1) is 0 Å². The first-order valence-corrected chi connectivity index (χ1v) is 9.79. The Morgan fingerprint density at radius 3 is 2.34 bits per heavy atom. The van der Waals surface area contributed by atoms with E-state index >= 15 is 0 Å². The second kappa shape index (κ2) is 6.04. The van der Waals surface area contributed by atoms with Crippen molar-refractivity contribution < 1.29 is 0 Å². The van der Waals surface area contributed by atoms with Crippen LogP contribution in [-0.2, 0) is 7.05 Å². The Kier molecular flexibility index (Phi) is 3.35. The lowest BCUT2D eigenvalue weighted by Gasteiger charge is -2.26. The summed E-state index contributed by atoms with van der Waals surface area (Å²) in [6.45, 7) is 0. The predicted molar refractivity (Wildman–Crippen MR) is 121 cm³/mol. The number of rotatable bonds is 3. The van der Waals surface area contributed by atoms with Crippen LogP contribution in [0.25, 0.3) is 38.5 Å². The quantitative estimate of drug-likeness (QED) is 0.371. The molecule has 0 spiro atoms. The molecule has 0 saturated heterocycles. The highest BCUT2D eigenvalue weighted by Gasteiger charge is 2.17. The van der Waals surface area contributed by atoms with Gasteiger partial charge in [-0.25, -0.2) is 4.68 Å². The van der Waals surface area contributed by atoms with Gasteiger partial charge < -0.3 is 10.3 Å². The van der Waals surface area contributed by atoms with E-state index in [1.807, 2.05) is 18.2 Å². The van der Waals surface area contributed by atoms with E-state index in [-0.39, 0.29) is 0 Å². The van der Waals surface area contributed by atoms with Crippen molar-refractivity contribution >= 4 is 44.2 Å². The second-order valence-corrected chi connectivity index (χ2v) is 7.40. The van der Waals surface area contributed by atoms with E-state index in [1.165, 1.54) is 32.8 Å². The zero-order valence-electron chi connectivity index (χ0n) is 16.1. The molecule has 0 aliphatic heterocycles. The molecule has 6 aromatic rings. The number of fused-ring (bicyclic) bond motifs is 4. The summed E-state index contributed by atoms with van der Waals surface area (Å²) in [6.07, 6.45) is 0. The van der Waals surface area contributed by atoms with E-state index in [1.54, 1.807) is 0 Å². The average Bonchev–Trinajstić information content (AvgIpc) is 3.13. The minimum atomic E-state index is 1.08. The van der Waals surface area contributed by atoms with Gasteiger partial charge in [0.25, 0.3) is 0 Å². The van der Waals surface area contributed by atoms with Crippen LogP contribution in [0.3, 0.4) is 0 Å². The number of H-pyrrole nitrogens is 1. The molecule has 0 unspecified atom stereocenters. The smallest absolute Gasteiger partial charge is 0.0893 e. The average molecular weight is 376 g/mol. The summed E-state index contributed by atoms with van der Waals surface area (Å²) in [5.74, 6) is 0. The molecule has 0 aliphatic rings. The van der Waals surface area contributed by atoms with Gasteiger partial charge in [0.15, 0.2) is 0 Å². The van der Waals surface area contributed by atoms with Gasteiger partial charge in [0.05, 0.1) is 22.4 Å². The Morgan fingerprint density at radius 1 is 0.690 bits per heavy atom. The van der Waals surface area contributed by atoms with Crippen LogP contribution in [-0.4, -0.2) is 14.3 Å². The maximum Gasteiger partial charge on any atom is 0.0893 e. The van der Waals surface area contributed by atoms with Crippen molar-refractivity contribution in [2.75, 3.05) is 5.32 Å². The summed E-state index contributed by atoms with van der Waals surface area (Å²) in [5, 5.41) is 6.08. The number of nitrogens with one attached hydrogen (secondary N) is 2. The molecule has 0 radical (unpaired) electrons. The Hall–Kier alpha value is -3.92. The summed E-state index contributed by atoms with van der Waals surface area (Å²) >= 11 is 0. The lowest BCUT2D eigenvalue weighted by molar-refractivity contribution is 0.656. The van der Waals surface area contributed by atoms with E-state index in [0.29, 0.717) is 0 Å². The third kappa shape index (κ3) is 2.39. The van der Waals surface area contributed by atoms with E-state index < -0.39 is 0 Å². The molecule has 4 heteroatoms. The number of anilines is 2. The first-order chi connectivity index (χ1) is 14.3. The highest BCUT2D eigenvalue weighted by molar-refractivity contribution is 6.11. The third-order valence-corrected chi connectivity index (χ3v) is 5.66. The number of benzene rings is 4. The molecule has 29 heavy (non-hydrogen) atoms. The molecule has 2 N–H and O–H groups in total. The SMILES string of the molecule is Cn1c2cc3[nH]c4ccccc4c3cc2n1-c1ccccc1Nc1ccccc1. The van der Waals surface area contributed by atoms with Crippen LogP contribution >= 0.6 is 0 Å². The molecule has 2 aromatic heterocycles. The summed E-state index contributed by atoms with van der Waals surface area (Å²) in [6, 6.07) is 31.7. The van der Waals surface area contributed by atoms with Crippen molar-refractivity contribution in [3.63, 3.8) is 0 Å². The topological polar surface area (TPSA) is 37.7 Å². The van der Waals surface area contributed by atoms with Gasteiger partial charge in [0, 0.05) is 34.5 Å². The number of aromatic amines is 1. The van der Waals surface area contributed by atoms with Gasteiger partial charge >= 0.3 is 0 Å². The minimum absolute atomic E-state index is 1.08. The molecule has 4 aromatic carbocycles. The molecule has 0 aliphatic carbocycles.